The maximum absolute atomic E-state index is 13.7. The quantitative estimate of drug-likeness (QED) is 0.798. The van der Waals surface area contributed by atoms with Gasteiger partial charge in [-0.3, -0.25) is 4.79 Å². The van der Waals surface area contributed by atoms with Crippen molar-refractivity contribution in [2.45, 2.75) is 6.54 Å². The van der Waals surface area contributed by atoms with E-state index in [1.807, 2.05) is 30.3 Å². The van der Waals surface area contributed by atoms with Gasteiger partial charge < -0.3 is 5.32 Å². The third kappa shape index (κ3) is 3.73. The van der Waals surface area contributed by atoms with Crippen LogP contribution in [0.2, 0.25) is 5.02 Å². The zero-order valence-electron chi connectivity index (χ0n) is 11.9. The van der Waals surface area contributed by atoms with Crippen LogP contribution < -0.4 is 5.32 Å². The second-order valence-corrected chi connectivity index (χ2v) is 5.30. The third-order valence-electron chi connectivity index (χ3n) is 3.14. The van der Waals surface area contributed by atoms with E-state index in [1.54, 1.807) is 4.68 Å². The summed E-state index contributed by atoms with van der Waals surface area (Å²) in [5, 5.41) is 10.4. The van der Waals surface area contributed by atoms with E-state index in [2.05, 4.69) is 15.6 Å². The molecule has 23 heavy (non-hydrogen) atoms. The summed E-state index contributed by atoms with van der Waals surface area (Å²) in [5.41, 5.74) is 1.18. The summed E-state index contributed by atoms with van der Waals surface area (Å²) in [5.74, 6) is -1.15. The van der Waals surface area contributed by atoms with Crippen molar-refractivity contribution in [2.24, 2.45) is 0 Å². The summed E-state index contributed by atoms with van der Waals surface area (Å²) < 4.78 is 15.2. The standard InChI is InChI=1S/C16H12ClFN4O/c17-12-6-7-14(13(18)8-12)19-16(23)15-10-22(21-20-15)9-11-4-2-1-3-5-11/h1-8,10H,9H2,(H,19,23). The maximum Gasteiger partial charge on any atom is 0.277 e. The van der Waals surface area contributed by atoms with Crippen molar-refractivity contribution >= 4 is 23.2 Å². The number of hydrogen-bond acceptors (Lipinski definition) is 3. The summed E-state index contributed by atoms with van der Waals surface area (Å²) >= 11 is 5.67. The molecule has 0 aliphatic heterocycles. The van der Waals surface area contributed by atoms with Gasteiger partial charge in [0.2, 0.25) is 0 Å². The van der Waals surface area contributed by atoms with Crippen LogP contribution in [-0.4, -0.2) is 20.9 Å². The van der Waals surface area contributed by atoms with Crippen molar-refractivity contribution < 1.29 is 9.18 Å². The Morgan fingerprint density at radius 3 is 2.74 bits per heavy atom. The number of nitrogens with one attached hydrogen (secondary N) is 1. The minimum absolute atomic E-state index is 0.0389. The molecule has 3 rings (SSSR count). The molecular weight excluding hydrogens is 319 g/mol. The Bertz CT molecular complexity index is 835. The summed E-state index contributed by atoms with van der Waals surface area (Å²) in [7, 11) is 0. The Balaban J connectivity index is 1.71. The van der Waals surface area contributed by atoms with Crippen LogP contribution in [0.25, 0.3) is 0 Å². The smallest absolute Gasteiger partial charge is 0.277 e. The number of anilines is 1. The van der Waals surface area contributed by atoms with Gasteiger partial charge >= 0.3 is 0 Å². The maximum atomic E-state index is 13.7. The molecule has 0 fully saturated rings. The fraction of sp³-hybridized carbons (Fsp3) is 0.0625. The number of hydrogen-bond donors (Lipinski definition) is 1. The minimum atomic E-state index is -0.609. The highest BCUT2D eigenvalue weighted by Crippen LogP contribution is 2.19. The van der Waals surface area contributed by atoms with Crippen LogP contribution in [0.1, 0.15) is 16.1 Å². The predicted octanol–water partition coefficient (Wildman–Crippen LogP) is 3.37. The van der Waals surface area contributed by atoms with E-state index in [-0.39, 0.29) is 16.4 Å². The number of nitrogens with zero attached hydrogens (tertiary/aromatic N) is 3. The molecule has 0 aliphatic carbocycles. The summed E-state index contributed by atoms with van der Waals surface area (Å²) in [6.07, 6.45) is 1.51. The fourth-order valence-corrected chi connectivity index (χ4v) is 2.19. The average molecular weight is 331 g/mol. The number of carbonyl (C=O) groups excluding carboxylic acids is 1. The molecule has 2 aromatic carbocycles. The molecule has 7 heteroatoms. The highest BCUT2D eigenvalue weighted by atomic mass is 35.5. The lowest BCUT2D eigenvalue weighted by Crippen LogP contribution is -2.13. The van der Waals surface area contributed by atoms with Crippen LogP contribution in [0.5, 0.6) is 0 Å². The lowest BCUT2D eigenvalue weighted by atomic mass is 10.2. The summed E-state index contributed by atoms with van der Waals surface area (Å²) in [4.78, 5) is 12.1. The number of benzene rings is 2. The Hall–Kier alpha value is -2.73. The van der Waals surface area contributed by atoms with Crippen molar-refractivity contribution in [3.8, 4) is 0 Å². The molecule has 0 saturated heterocycles. The lowest BCUT2D eigenvalue weighted by molar-refractivity contribution is 0.102. The topological polar surface area (TPSA) is 59.8 Å². The third-order valence-corrected chi connectivity index (χ3v) is 3.37. The molecular formula is C16H12ClFN4O. The lowest BCUT2D eigenvalue weighted by Gasteiger charge is -2.04. The zero-order chi connectivity index (χ0) is 16.2. The molecule has 5 nitrogen and oxygen atoms in total. The molecule has 3 aromatic rings. The first-order chi connectivity index (χ1) is 11.1. The highest BCUT2D eigenvalue weighted by molar-refractivity contribution is 6.30. The molecule has 0 radical (unpaired) electrons. The fourth-order valence-electron chi connectivity index (χ4n) is 2.03. The highest BCUT2D eigenvalue weighted by Gasteiger charge is 2.13. The molecule has 0 saturated carbocycles. The molecule has 0 spiro atoms. The van der Waals surface area contributed by atoms with Gasteiger partial charge in [-0.1, -0.05) is 47.1 Å². The number of carbonyl (C=O) groups is 1. The van der Waals surface area contributed by atoms with Crippen LogP contribution in [0.4, 0.5) is 10.1 Å². The molecule has 1 aromatic heterocycles. The van der Waals surface area contributed by atoms with Crippen LogP contribution in [0, 0.1) is 5.82 Å². The molecule has 0 atom stereocenters. The largest absolute Gasteiger partial charge is 0.318 e. The molecule has 116 valence electrons. The molecule has 1 N–H and O–H groups in total. The number of aromatic nitrogens is 3. The van der Waals surface area contributed by atoms with Crippen molar-refractivity contribution in [3.05, 3.63) is 76.8 Å². The van der Waals surface area contributed by atoms with Gasteiger partial charge in [0, 0.05) is 5.02 Å². The summed E-state index contributed by atoms with van der Waals surface area (Å²) in [6, 6.07) is 13.7. The second kappa shape index (κ2) is 6.58. The van der Waals surface area contributed by atoms with Gasteiger partial charge in [0.15, 0.2) is 5.69 Å². The molecule has 1 heterocycles. The van der Waals surface area contributed by atoms with Crippen LogP contribution in [0.15, 0.2) is 54.7 Å². The number of amides is 1. The number of rotatable bonds is 4. The van der Waals surface area contributed by atoms with Gasteiger partial charge in [-0.25, -0.2) is 9.07 Å². The first-order valence-electron chi connectivity index (χ1n) is 6.82. The monoisotopic (exact) mass is 330 g/mol. The van der Waals surface area contributed by atoms with Gasteiger partial charge in [0.1, 0.15) is 5.82 Å². The Labute approximate surface area is 136 Å². The average Bonchev–Trinajstić information content (AvgIpc) is 3.00. The first-order valence-corrected chi connectivity index (χ1v) is 7.20. The van der Waals surface area contributed by atoms with Gasteiger partial charge in [-0.2, -0.15) is 0 Å². The molecule has 0 aliphatic rings. The van der Waals surface area contributed by atoms with E-state index in [1.165, 1.54) is 18.3 Å². The van der Waals surface area contributed by atoms with E-state index in [0.717, 1.165) is 11.6 Å². The van der Waals surface area contributed by atoms with Crippen molar-refractivity contribution in [1.29, 1.82) is 0 Å². The Morgan fingerprint density at radius 2 is 2.00 bits per heavy atom. The van der Waals surface area contributed by atoms with E-state index in [0.29, 0.717) is 6.54 Å². The Morgan fingerprint density at radius 1 is 1.22 bits per heavy atom. The van der Waals surface area contributed by atoms with Gasteiger partial charge in [0.25, 0.3) is 5.91 Å². The summed E-state index contributed by atoms with van der Waals surface area (Å²) in [6.45, 7) is 0.496. The zero-order valence-corrected chi connectivity index (χ0v) is 12.7. The van der Waals surface area contributed by atoms with Crippen LogP contribution >= 0.6 is 11.6 Å². The first kappa shape index (κ1) is 15.2. The van der Waals surface area contributed by atoms with Crippen LogP contribution in [-0.2, 0) is 6.54 Å². The molecule has 1 amide bonds. The van der Waals surface area contributed by atoms with Crippen molar-refractivity contribution in [2.75, 3.05) is 5.32 Å². The number of halogens is 2. The van der Waals surface area contributed by atoms with Gasteiger partial charge in [-0.05, 0) is 23.8 Å². The minimum Gasteiger partial charge on any atom is -0.318 e. The van der Waals surface area contributed by atoms with Gasteiger partial charge in [0.05, 0.1) is 18.4 Å². The normalized spacial score (nSPS) is 10.5. The predicted molar refractivity (Wildman–Crippen MR) is 84.9 cm³/mol. The Kier molecular flexibility index (Phi) is 4.34. The van der Waals surface area contributed by atoms with E-state index < -0.39 is 11.7 Å². The van der Waals surface area contributed by atoms with Crippen molar-refractivity contribution in [1.82, 2.24) is 15.0 Å². The van der Waals surface area contributed by atoms with E-state index in [4.69, 9.17) is 11.6 Å². The van der Waals surface area contributed by atoms with E-state index >= 15 is 0 Å². The van der Waals surface area contributed by atoms with E-state index in [9.17, 15) is 9.18 Å². The van der Waals surface area contributed by atoms with Crippen molar-refractivity contribution in [3.63, 3.8) is 0 Å². The molecule has 0 unspecified atom stereocenters. The SMILES string of the molecule is O=C(Nc1ccc(Cl)cc1F)c1cn(Cc2ccccc2)nn1. The van der Waals surface area contributed by atoms with Crippen LogP contribution in [0.3, 0.4) is 0 Å². The molecule has 0 bridgehead atoms. The van der Waals surface area contributed by atoms with Gasteiger partial charge in [-0.15, -0.1) is 5.10 Å². The second-order valence-electron chi connectivity index (χ2n) is 4.87.